The molecule has 2 heterocycles. The molecule has 0 saturated heterocycles. The number of rotatable bonds is 9. The van der Waals surface area contributed by atoms with Crippen LogP contribution in [0.15, 0.2) is 125 Å². The summed E-state index contributed by atoms with van der Waals surface area (Å²) >= 11 is 7.18. The van der Waals surface area contributed by atoms with E-state index in [0.717, 1.165) is 56.7 Å². The van der Waals surface area contributed by atoms with Gasteiger partial charge in [-0.2, -0.15) is 0 Å². The number of carbonyl (C=O) groups is 1. The molecule has 0 saturated carbocycles. The van der Waals surface area contributed by atoms with Crippen molar-refractivity contribution in [2.24, 2.45) is 0 Å². The molecule has 218 valence electrons. The van der Waals surface area contributed by atoms with Crippen LogP contribution in [0.5, 0.6) is 0 Å². The molecule has 0 aliphatic carbocycles. The molecule has 1 N–H and O–H groups in total. The van der Waals surface area contributed by atoms with Crippen LogP contribution in [0.25, 0.3) is 45.7 Å². The Labute approximate surface area is 265 Å². The van der Waals surface area contributed by atoms with Crippen LogP contribution in [-0.2, 0) is 11.3 Å². The molecule has 8 heteroatoms. The first kappa shape index (κ1) is 29.2. The highest BCUT2D eigenvalue weighted by atomic mass is 35.5. The Bertz CT molecular complexity index is 1950. The smallest absolute Gasteiger partial charge is 0.342 e. The Balaban J connectivity index is 1.53. The van der Waals surface area contributed by atoms with Gasteiger partial charge in [-0.25, -0.2) is 4.79 Å². The minimum Gasteiger partial charge on any atom is -0.477 e. The van der Waals surface area contributed by atoms with Crippen molar-refractivity contribution in [3.63, 3.8) is 0 Å². The average molecular weight is 617 g/mol. The predicted octanol–water partition coefficient (Wildman–Crippen LogP) is 9.27. The lowest BCUT2D eigenvalue weighted by molar-refractivity contribution is -0.131. The Morgan fingerprint density at radius 1 is 0.841 bits per heavy atom. The van der Waals surface area contributed by atoms with E-state index in [1.807, 2.05) is 72.2 Å². The number of aryl methyl sites for hydroxylation is 1. The molecule has 0 atom stereocenters. The molecular formula is C36H29ClN4O2S. The fourth-order valence-electron chi connectivity index (χ4n) is 5.15. The SMILES string of the molecule is CCn1c(S/C(=C\c2cc(-c3ccccc3)n(-c3ccc(C)cc3)c2-c2ccccc2)C(=O)O)nnc1-c1ccc(Cl)cc1. The van der Waals surface area contributed by atoms with Gasteiger partial charge in [-0.1, -0.05) is 90.0 Å². The Morgan fingerprint density at radius 3 is 2.09 bits per heavy atom. The van der Waals surface area contributed by atoms with Crippen LogP contribution in [0.1, 0.15) is 18.1 Å². The Morgan fingerprint density at radius 2 is 1.48 bits per heavy atom. The van der Waals surface area contributed by atoms with Gasteiger partial charge in [0.25, 0.3) is 0 Å². The highest BCUT2D eigenvalue weighted by Gasteiger charge is 2.22. The van der Waals surface area contributed by atoms with Gasteiger partial charge >= 0.3 is 5.97 Å². The van der Waals surface area contributed by atoms with Gasteiger partial charge in [0, 0.05) is 28.4 Å². The van der Waals surface area contributed by atoms with Crippen molar-refractivity contribution in [1.82, 2.24) is 19.3 Å². The van der Waals surface area contributed by atoms with E-state index < -0.39 is 5.97 Å². The van der Waals surface area contributed by atoms with Crippen LogP contribution in [0.4, 0.5) is 0 Å². The van der Waals surface area contributed by atoms with Crippen molar-refractivity contribution in [3.8, 4) is 39.6 Å². The molecule has 0 unspecified atom stereocenters. The normalized spacial score (nSPS) is 11.6. The van der Waals surface area contributed by atoms with Crippen molar-refractivity contribution in [2.45, 2.75) is 25.5 Å². The summed E-state index contributed by atoms with van der Waals surface area (Å²) in [5.41, 5.74) is 7.61. The topological polar surface area (TPSA) is 72.9 Å². The summed E-state index contributed by atoms with van der Waals surface area (Å²) in [6.45, 7) is 4.61. The molecule has 0 fully saturated rings. The molecular weight excluding hydrogens is 588 g/mol. The number of benzene rings is 4. The first-order valence-electron chi connectivity index (χ1n) is 14.2. The number of hydrogen-bond acceptors (Lipinski definition) is 4. The largest absolute Gasteiger partial charge is 0.477 e. The van der Waals surface area contributed by atoms with Crippen molar-refractivity contribution in [2.75, 3.05) is 0 Å². The lowest BCUT2D eigenvalue weighted by Crippen LogP contribution is -2.03. The van der Waals surface area contributed by atoms with Crippen LogP contribution in [0.3, 0.4) is 0 Å². The molecule has 4 aromatic carbocycles. The summed E-state index contributed by atoms with van der Waals surface area (Å²) in [4.78, 5) is 12.9. The van der Waals surface area contributed by atoms with Gasteiger partial charge in [0.15, 0.2) is 11.0 Å². The maximum Gasteiger partial charge on any atom is 0.342 e. The summed E-state index contributed by atoms with van der Waals surface area (Å²) in [7, 11) is 0. The number of carboxylic acids is 1. The van der Waals surface area contributed by atoms with E-state index >= 15 is 0 Å². The third-order valence-corrected chi connectivity index (χ3v) is 8.52. The standard InChI is InChI=1S/C36H29ClN4O2S/c1-3-40-34(27-16-18-29(37)19-17-27)38-39-36(40)44-32(35(42)43)23-28-22-31(25-10-6-4-7-11-25)41(30-20-14-24(2)15-21-30)33(28)26-12-8-5-9-13-26/h4-23H,3H2,1-2H3,(H,42,43)/b32-23-. The van der Waals surface area contributed by atoms with Gasteiger partial charge in [0.1, 0.15) is 4.91 Å². The van der Waals surface area contributed by atoms with E-state index in [9.17, 15) is 9.90 Å². The van der Waals surface area contributed by atoms with Crippen molar-refractivity contribution in [1.29, 1.82) is 0 Å². The fraction of sp³-hybridized carbons (Fsp3) is 0.0833. The lowest BCUT2D eigenvalue weighted by atomic mass is 10.1. The molecule has 6 aromatic rings. The second-order valence-corrected chi connectivity index (χ2v) is 11.7. The second-order valence-electron chi connectivity index (χ2n) is 10.2. The Kier molecular flexibility index (Phi) is 8.50. The fourth-order valence-corrected chi connectivity index (χ4v) is 6.15. The van der Waals surface area contributed by atoms with Crippen LogP contribution < -0.4 is 0 Å². The summed E-state index contributed by atoms with van der Waals surface area (Å²) in [6.07, 6.45) is 1.74. The number of aliphatic carboxylic acids is 1. The third kappa shape index (κ3) is 5.97. The average Bonchev–Trinajstić information content (AvgIpc) is 3.63. The molecule has 0 aliphatic heterocycles. The maximum absolute atomic E-state index is 12.8. The molecule has 44 heavy (non-hydrogen) atoms. The minimum absolute atomic E-state index is 0.132. The first-order valence-corrected chi connectivity index (χ1v) is 15.4. The molecule has 0 radical (unpaired) electrons. The summed E-state index contributed by atoms with van der Waals surface area (Å²) in [5, 5.41) is 20.4. The van der Waals surface area contributed by atoms with Gasteiger partial charge in [-0.3, -0.25) is 0 Å². The van der Waals surface area contributed by atoms with Gasteiger partial charge in [0.05, 0.1) is 11.4 Å². The zero-order chi connectivity index (χ0) is 30.6. The van der Waals surface area contributed by atoms with Gasteiger partial charge in [0.2, 0.25) is 0 Å². The minimum atomic E-state index is -1.04. The molecule has 0 spiro atoms. The summed E-state index contributed by atoms with van der Waals surface area (Å²) < 4.78 is 4.11. The van der Waals surface area contributed by atoms with Crippen molar-refractivity contribution >= 4 is 35.4 Å². The van der Waals surface area contributed by atoms with Crippen molar-refractivity contribution in [3.05, 3.63) is 136 Å². The lowest BCUT2D eigenvalue weighted by Gasteiger charge is -2.15. The second kappa shape index (κ2) is 12.8. The number of halogens is 1. The molecule has 0 amide bonds. The van der Waals surface area contributed by atoms with Gasteiger partial charge in [-0.15, -0.1) is 10.2 Å². The Hall–Kier alpha value is -4.85. The summed E-state index contributed by atoms with van der Waals surface area (Å²) in [5.74, 6) is -0.393. The van der Waals surface area contributed by atoms with E-state index in [1.54, 1.807) is 18.2 Å². The van der Waals surface area contributed by atoms with E-state index in [1.165, 1.54) is 0 Å². The zero-order valence-corrected chi connectivity index (χ0v) is 25.8. The highest BCUT2D eigenvalue weighted by Crippen LogP contribution is 2.39. The number of thioether (sulfide) groups is 1. The molecule has 0 aliphatic rings. The number of nitrogens with zero attached hydrogens (tertiary/aromatic N) is 4. The van der Waals surface area contributed by atoms with Crippen LogP contribution >= 0.6 is 23.4 Å². The molecule has 2 aromatic heterocycles. The zero-order valence-electron chi connectivity index (χ0n) is 24.2. The quantitative estimate of drug-likeness (QED) is 0.129. The van der Waals surface area contributed by atoms with Crippen LogP contribution in [0.2, 0.25) is 5.02 Å². The van der Waals surface area contributed by atoms with Gasteiger partial charge in [-0.05, 0) is 85.3 Å². The van der Waals surface area contributed by atoms with E-state index in [-0.39, 0.29) is 4.91 Å². The molecule has 6 nitrogen and oxygen atoms in total. The number of aromatic nitrogens is 4. The number of hydrogen-bond donors (Lipinski definition) is 1. The van der Waals surface area contributed by atoms with Crippen LogP contribution in [0, 0.1) is 6.92 Å². The third-order valence-electron chi connectivity index (χ3n) is 7.27. The van der Waals surface area contributed by atoms with Crippen molar-refractivity contribution < 1.29 is 9.90 Å². The number of carboxylic acid groups (broad SMARTS) is 1. The van der Waals surface area contributed by atoms with E-state index in [2.05, 4.69) is 64.2 Å². The summed E-state index contributed by atoms with van der Waals surface area (Å²) in [6, 6.07) is 38.0. The monoisotopic (exact) mass is 616 g/mol. The maximum atomic E-state index is 12.8. The van der Waals surface area contributed by atoms with E-state index in [4.69, 9.17) is 11.6 Å². The first-order chi connectivity index (χ1) is 21.4. The predicted molar refractivity (Wildman–Crippen MR) is 179 cm³/mol. The van der Waals surface area contributed by atoms with E-state index in [0.29, 0.717) is 22.5 Å². The highest BCUT2D eigenvalue weighted by molar-refractivity contribution is 8.04. The van der Waals surface area contributed by atoms with Gasteiger partial charge < -0.3 is 14.2 Å². The molecule has 6 rings (SSSR count). The van der Waals surface area contributed by atoms with Crippen LogP contribution in [-0.4, -0.2) is 30.4 Å². The molecule has 0 bridgehead atoms.